The molecule has 10 fully saturated rings. The van der Waals surface area contributed by atoms with Crippen LogP contribution in [0.25, 0.3) is 0 Å². The monoisotopic (exact) mass is 1470 g/mol. The number of carbonyl (C=O) groups is 6. The summed E-state index contributed by atoms with van der Waals surface area (Å²) in [5, 5.41) is 110. The molecule has 0 aromatic carbocycles. The van der Waals surface area contributed by atoms with Crippen LogP contribution < -0.4 is 21.3 Å². The minimum atomic E-state index is -1.63. The zero-order valence-electron chi connectivity index (χ0n) is 60.5. The van der Waals surface area contributed by atoms with Gasteiger partial charge in [0.25, 0.3) is 11.8 Å². The Bertz CT molecular complexity index is 2690. The molecule has 1 unspecified atom stereocenters. The largest absolute Gasteiger partial charge is 0.394 e. The first-order valence-electron chi connectivity index (χ1n) is 38.7. The van der Waals surface area contributed by atoms with Gasteiger partial charge in [-0.2, -0.15) is 0 Å². The van der Waals surface area contributed by atoms with Crippen molar-refractivity contribution in [1.82, 2.24) is 31.1 Å². The highest BCUT2D eigenvalue weighted by atomic mass is 16.7. The molecule has 588 valence electrons. The molecule has 0 bridgehead atoms. The number of amides is 6. The standard InChI is InChI=1S/C72H120N6O25/c1-5-42-21-13-23-45(64(42)102-71-62(90)60(88)57(85)38(3)95-71)66-55(47(31-44(34-79)97-66)98-48(68(92)77-25-15-26-77)29-40-17-9-7-10-18-40)75-51(81)32-73-53(83)36-94-37-54(84)74-33-52(82)76-56-67(99-49(69(93)78-27-16-28-78)30-41-19-11-8-12-20-41)59(87)50(35-80)101-70(56)100-46-24-14-22-43(6-2)65(46)103-72-63(91)61(89)58(86)39(4)96-72/h38-50,55-67,70-72,79-80,85-91H,5-37H2,1-4H3,(H,73,83)(H,74,84)(H,75,81)(H,76,82)/t38-,39-,42-,43-,44-,45?,46+,47-,48-,49-,50+,55+,56+,57+,58+,59-,60+,61+,62-,63-,64+,65+,66-,67+,70+,71-,72-/m0/s1. The summed E-state index contributed by atoms with van der Waals surface area (Å²) in [7, 11) is 0. The SMILES string of the molecule is CC[C@H]1CCC[C@@H](O[C@@H]2O[C@H](CO)[C@H](O)[C@H](O[C@@H](CC3CCCCC3)C(=O)N3CCC3)[C@H]2NC(=O)CNC(=O)COCC(=O)NCC(=O)N[C@@H]2[C@@H](O[C@@H](CC3CCCCC3)C(=O)N3CCC3)C[C@@H](CO)O[C@H]2C2CCC[C@H](CC)[C@H]2O[C@@H]2O[C@@H](C)[C@@H](O)[C@@H](O)[C@@H]2O)[C@@H]1O[C@@H]1O[C@@H](C)[C@@H](O)[C@@H](O)[C@@H]1O. The third kappa shape index (κ3) is 20.9. The molecule has 4 saturated carbocycles. The van der Waals surface area contributed by atoms with Gasteiger partial charge in [0, 0.05) is 38.5 Å². The van der Waals surface area contributed by atoms with E-state index < -0.39 is 216 Å². The summed E-state index contributed by atoms with van der Waals surface area (Å²) < 4.78 is 64.1. The fraction of sp³-hybridized carbons (Fsp3) is 0.917. The highest BCUT2D eigenvalue weighted by Gasteiger charge is 2.55. The average molecular weight is 1470 g/mol. The molecule has 4 aliphatic carbocycles. The van der Waals surface area contributed by atoms with E-state index in [1.54, 1.807) is 16.7 Å². The third-order valence-electron chi connectivity index (χ3n) is 23.6. The topological polar surface area (TPSA) is 431 Å². The molecule has 6 aliphatic heterocycles. The van der Waals surface area contributed by atoms with Crippen LogP contribution in [0.5, 0.6) is 0 Å². The minimum absolute atomic E-state index is 0.0911. The van der Waals surface area contributed by atoms with Crippen molar-refractivity contribution in [2.24, 2.45) is 29.6 Å². The Labute approximate surface area is 604 Å². The van der Waals surface area contributed by atoms with Crippen molar-refractivity contribution in [3.8, 4) is 0 Å². The maximum Gasteiger partial charge on any atom is 0.251 e. The van der Waals surface area contributed by atoms with Gasteiger partial charge < -0.3 is 124 Å². The van der Waals surface area contributed by atoms with Crippen molar-refractivity contribution >= 4 is 35.4 Å². The van der Waals surface area contributed by atoms with E-state index in [4.69, 9.17) is 47.4 Å². The Kier molecular flexibility index (Phi) is 30.8. The minimum Gasteiger partial charge on any atom is -0.394 e. The van der Waals surface area contributed by atoms with Gasteiger partial charge >= 0.3 is 0 Å². The molecular formula is C72H120N6O25. The van der Waals surface area contributed by atoms with Crippen molar-refractivity contribution < 1.29 is 122 Å². The second kappa shape index (κ2) is 38.9. The maximum absolute atomic E-state index is 14.4. The number of likely N-dealkylation sites (tertiary alicyclic amines) is 2. The predicted octanol–water partition coefficient (Wildman–Crippen LogP) is -0.807. The van der Waals surface area contributed by atoms with Gasteiger partial charge in [0.1, 0.15) is 86.4 Å². The zero-order valence-corrected chi connectivity index (χ0v) is 60.5. The molecule has 13 N–H and O–H groups in total. The molecular weight excluding hydrogens is 1350 g/mol. The molecule has 6 heterocycles. The molecule has 0 aromatic rings. The molecule has 31 heteroatoms. The van der Waals surface area contributed by atoms with E-state index in [-0.39, 0.29) is 41.9 Å². The molecule has 0 radical (unpaired) electrons. The van der Waals surface area contributed by atoms with Gasteiger partial charge in [0.15, 0.2) is 18.9 Å². The van der Waals surface area contributed by atoms with E-state index in [2.05, 4.69) is 21.3 Å². The van der Waals surface area contributed by atoms with Crippen LogP contribution in [0.2, 0.25) is 0 Å². The lowest BCUT2D eigenvalue weighted by Gasteiger charge is -2.51. The summed E-state index contributed by atoms with van der Waals surface area (Å²) >= 11 is 0. The van der Waals surface area contributed by atoms with Gasteiger partial charge in [-0.1, -0.05) is 104 Å². The first-order chi connectivity index (χ1) is 49.6. The van der Waals surface area contributed by atoms with Gasteiger partial charge in [-0.3, -0.25) is 28.8 Å². The number of ether oxygens (including phenoxy) is 10. The third-order valence-corrected chi connectivity index (χ3v) is 23.6. The molecule has 0 spiro atoms. The predicted molar refractivity (Wildman–Crippen MR) is 363 cm³/mol. The molecule has 6 saturated heterocycles. The van der Waals surface area contributed by atoms with E-state index in [9.17, 15) is 74.7 Å². The van der Waals surface area contributed by atoms with Crippen LogP contribution in [0.3, 0.4) is 0 Å². The highest BCUT2D eigenvalue weighted by molar-refractivity contribution is 5.87. The van der Waals surface area contributed by atoms with Gasteiger partial charge in [-0.15, -0.1) is 0 Å². The molecule has 0 aromatic heterocycles. The van der Waals surface area contributed by atoms with Crippen LogP contribution in [-0.2, 0) is 76.1 Å². The van der Waals surface area contributed by atoms with E-state index >= 15 is 0 Å². The first-order valence-corrected chi connectivity index (χ1v) is 38.7. The summed E-state index contributed by atoms with van der Waals surface area (Å²) in [5.74, 6) is -4.01. The van der Waals surface area contributed by atoms with Gasteiger partial charge in [-0.05, 0) is 88.9 Å². The van der Waals surface area contributed by atoms with Gasteiger partial charge in [0.05, 0.1) is 81.2 Å². The van der Waals surface area contributed by atoms with Crippen LogP contribution in [0.15, 0.2) is 0 Å². The zero-order chi connectivity index (χ0) is 73.6. The van der Waals surface area contributed by atoms with Crippen LogP contribution in [0.1, 0.15) is 175 Å². The lowest BCUT2D eigenvalue weighted by Crippen LogP contribution is -2.68. The number of rotatable bonds is 31. The number of nitrogens with one attached hydrogen (secondary N) is 4. The van der Waals surface area contributed by atoms with E-state index in [1.807, 2.05) is 13.8 Å². The smallest absolute Gasteiger partial charge is 0.251 e. The number of hydrogen-bond acceptors (Lipinski definition) is 25. The van der Waals surface area contributed by atoms with E-state index in [0.717, 1.165) is 89.9 Å². The normalized spacial score (nSPS) is 39.0. The number of hydrogen-bond donors (Lipinski definition) is 13. The average Bonchev–Trinajstić information content (AvgIpc) is 0.787. The Morgan fingerprint density at radius 3 is 1.46 bits per heavy atom. The summed E-state index contributed by atoms with van der Waals surface area (Å²) in [5.41, 5.74) is 0. The summed E-state index contributed by atoms with van der Waals surface area (Å²) in [6.45, 7) is 5.45. The molecule has 27 atom stereocenters. The van der Waals surface area contributed by atoms with Crippen LogP contribution in [0, 0.1) is 29.6 Å². The number of aliphatic hydroxyl groups excluding tert-OH is 9. The second-order valence-corrected chi connectivity index (χ2v) is 30.8. The number of carbonyl (C=O) groups excluding carboxylic acids is 6. The maximum atomic E-state index is 14.4. The van der Waals surface area contributed by atoms with Gasteiger partial charge in [-0.25, -0.2) is 0 Å². The van der Waals surface area contributed by atoms with Crippen LogP contribution >= 0.6 is 0 Å². The van der Waals surface area contributed by atoms with E-state index in [1.165, 1.54) is 6.92 Å². The fourth-order valence-corrected chi connectivity index (χ4v) is 17.2. The molecule has 103 heavy (non-hydrogen) atoms. The molecule has 10 aliphatic rings. The fourth-order valence-electron chi connectivity index (χ4n) is 17.2. The van der Waals surface area contributed by atoms with Gasteiger partial charge in [0.2, 0.25) is 23.6 Å². The summed E-state index contributed by atoms with van der Waals surface area (Å²) in [6, 6.07) is -2.39. The second-order valence-electron chi connectivity index (χ2n) is 30.8. The van der Waals surface area contributed by atoms with Crippen molar-refractivity contribution in [2.45, 2.75) is 322 Å². The van der Waals surface area contributed by atoms with Crippen molar-refractivity contribution in [3.05, 3.63) is 0 Å². The Morgan fingerprint density at radius 2 is 0.961 bits per heavy atom. The molecule has 6 amide bonds. The quantitative estimate of drug-likeness (QED) is 0.0404. The van der Waals surface area contributed by atoms with Crippen LogP contribution in [-0.4, -0.2) is 304 Å². The lowest BCUT2D eigenvalue weighted by molar-refractivity contribution is -0.337. The highest BCUT2D eigenvalue weighted by Crippen LogP contribution is 2.44. The summed E-state index contributed by atoms with van der Waals surface area (Å²) in [4.78, 5) is 87.7. The lowest BCUT2D eigenvalue weighted by atomic mass is 9.71. The summed E-state index contributed by atoms with van der Waals surface area (Å²) in [6.07, 6.45) is -9.21. The van der Waals surface area contributed by atoms with E-state index in [0.29, 0.717) is 77.5 Å². The molecule has 10 rings (SSSR count). The first kappa shape index (κ1) is 81.6. The van der Waals surface area contributed by atoms with Crippen molar-refractivity contribution in [3.63, 3.8) is 0 Å². The van der Waals surface area contributed by atoms with Crippen LogP contribution in [0.4, 0.5) is 0 Å². The Hall–Kier alpha value is -3.94. The number of aliphatic hydroxyl groups is 9. The number of nitrogens with zero attached hydrogens (tertiary/aromatic N) is 2. The molecule has 31 nitrogen and oxygen atoms in total. The van der Waals surface area contributed by atoms with Crippen molar-refractivity contribution in [1.29, 1.82) is 0 Å². The Morgan fingerprint density at radius 1 is 0.466 bits per heavy atom. The van der Waals surface area contributed by atoms with Crippen molar-refractivity contribution in [2.75, 3.05) is 65.7 Å². The Balaban J connectivity index is 0.801.